The van der Waals surface area contributed by atoms with E-state index < -0.39 is 0 Å². The molecule has 0 bridgehead atoms. The molecule has 0 aliphatic carbocycles. The van der Waals surface area contributed by atoms with Crippen LogP contribution in [0.25, 0.3) is 11.4 Å². The lowest BCUT2D eigenvalue weighted by Crippen LogP contribution is -2.23. The SMILES string of the molecule is COc1cccc(-c2nnc(SC(C)C(=O)Nc3ccc(C)cc3C)n2Cc2ccco2)c1. The third-order valence-corrected chi connectivity index (χ3v) is 6.31. The van der Waals surface area contributed by atoms with E-state index in [4.69, 9.17) is 9.15 Å². The third-order valence-electron chi connectivity index (χ3n) is 5.23. The lowest BCUT2D eigenvalue weighted by molar-refractivity contribution is -0.115. The molecule has 0 saturated carbocycles. The van der Waals surface area contributed by atoms with Crippen LogP contribution in [0.3, 0.4) is 0 Å². The van der Waals surface area contributed by atoms with Gasteiger partial charge in [-0.25, -0.2) is 0 Å². The highest BCUT2D eigenvalue weighted by Crippen LogP contribution is 2.30. The predicted molar refractivity (Wildman–Crippen MR) is 130 cm³/mol. The Bertz CT molecular complexity index is 1250. The Kier molecular flexibility index (Phi) is 6.84. The smallest absolute Gasteiger partial charge is 0.237 e. The standard InChI is InChI=1S/C25H26N4O3S/c1-16-10-11-22(17(2)13-16)26-24(30)18(3)33-25-28-27-23(19-7-5-8-20(14-19)31-4)29(25)15-21-9-6-12-32-21/h5-14,18H,15H2,1-4H3,(H,26,30). The van der Waals surface area contributed by atoms with Gasteiger partial charge in [0.25, 0.3) is 0 Å². The van der Waals surface area contributed by atoms with Crippen molar-refractivity contribution in [2.75, 3.05) is 12.4 Å². The summed E-state index contributed by atoms with van der Waals surface area (Å²) in [6, 6.07) is 17.4. The second kappa shape index (κ2) is 9.95. The molecule has 4 rings (SSSR count). The number of aromatic nitrogens is 3. The predicted octanol–water partition coefficient (Wildman–Crippen LogP) is 5.33. The molecule has 33 heavy (non-hydrogen) atoms. The van der Waals surface area contributed by atoms with E-state index in [1.54, 1.807) is 13.4 Å². The summed E-state index contributed by atoms with van der Waals surface area (Å²) < 4.78 is 12.9. The number of ether oxygens (including phenoxy) is 1. The van der Waals surface area contributed by atoms with Gasteiger partial charge in [-0.2, -0.15) is 0 Å². The highest BCUT2D eigenvalue weighted by molar-refractivity contribution is 8.00. The van der Waals surface area contributed by atoms with Crippen LogP contribution in [-0.2, 0) is 11.3 Å². The number of furan rings is 1. The topological polar surface area (TPSA) is 82.2 Å². The number of carbonyl (C=O) groups excluding carboxylic acids is 1. The zero-order valence-electron chi connectivity index (χ0n) is 19.0. The van der Waals surface area contributed by atoms with Gasteiger partial charge in [0.15, 0.2) is 11.0 Å². The second-order valence-electron chi connectivity index (χ2n) is 7.77. The van der Waals surface area contributed by atoms with Gasteiger partial charge in [0.05, 0.1) is 25.2 Å². The van der Waals surface area contributed by atoms with Crippen LogP contribution in [0.4, 0.5) is 5.69 Å². The van der Waals surface area contributed by atoms with Crippen LogP contribution in [0, 0.1) is 13.8 Å². The van der Waals surface area contributed by atoms with Crippen molar-refractivity contribution in [2.24, 2.45) is 0 Å². The monoisotopic (exact) mass is 462 g/mol. The van der Waals surface area contributed by atoms with Crippen molar-refractivity contribution in [3.8, 4) is 17.1 Å². The first-order valence-electron chi connectivity index (χ1n) is 10.6. The molecule has 0 spiro atoms. The molecule has 2 heterocycles. The van der Waals surface area contributed by atoms with Gasteiger partial charge in [-0.15, -0.1) is 10.2 Å². The van der Waals surface area contributed by atoms with Gasteiger partial charge in [0, 0.05) is 11.3 Å². The molecule has 7 nitrogen and oxygen atoms in total. The van der Waals surface area contributed by atoms with Crippen molar-refractivity contribution >= 4 is 23.4 Å². The van der Waals surface area contributed by atoms with Crippen LogP contribution < -0.4 is 10.1 Å². The second-order valence-corrected chi connectivity index (χ2v) is 9.08. The van der Waals surface area contributed by atoms with Crippen molar-refractivity contribution in [1.82, 2.24) is 14.8 Å². The lowest BCUT2D eigenvalue weighted by Gasteiger charge is -2.15. The first kappa shape index (κ1) is 22.7. The minimum Gasteiger partial charge on any atom is -0.497 e. The van der Waals surface area contributed by atoms with Gasteiger partial charge < -0.3 is 14.5 Å². The van der Waals surface area contributed by atoms with E-state index in [2.05, 4.69) is 15.5 Å². The summed E-state index contributed by atoms with van der Waals surface area (Å²) in [6.45, 7) is 6.32. The maximum atomic E-state index is 12.9. The highest BCUT2D eigenvalue weighted by atomic mass is 32.2. The number of rotatable bonds is 8. The molecule has 0 saturated heterocycles. The number of nitrogens with one attached hydrogen (secondary N) is 1. The fourth-order valence-corrected chi connectivity index (χ4v) is 4.30. The number of thioether (sulfide) groups is 1. The average Bonchev–Trinajstić information content (AvgIpc) is 3.46. The summed E-state index contributed by atoms with van der Waals surface area (Å²) >= 11 is 1.36. The zero-order valence-corrected chi connectivity index (χ0v) is 19.8. The number of nitrogens with zero attached hydrogens (tertiary/aromatic N) is 3. The molecule has 2 aromatic heterocycles. The van der Waals surface area contributed by atoms with E-state index in [9.17, 15) is 4.79 Å². The summed E-state index contributed by atoms with van der Waals surface area (Å²) in [5.74, 6) is 2.08. The van der Waals surface area contributed by atoms with Crippen LogP contribution >= 0.6 is 11.8 Å². The van der Waals surface area contributed by atoms with Crippen molar-refractivity contribution in [2.45, 2.75) is 37.7 Å². The summed E-state index contributed by atoms with van der Waals surface area (Å²) in [4.78, 5) is 12.9. The number of benzene rings is 2. The van der Waals surface area contributed by atoms with Gasteiger partial charge in [-0.3, -0.25) is 9.36 Å². The molecule has 1 atom stereocenters. The Balaban J connectivity index is 1.59. The number of anilines is 1. The van der Waals surface area contributed by atoms with Gasteiger partial charge >= 0.3 is 0 Å². The number of methoxy groups -OCH3 is 1. The van der Waals surface area contributed by atoms with Gasteiger partial charge in [0.1, 0.15) is 11.5 Å². The molecule has 2 aromatic carbocycles. The molecule has 4 aromatic rings. The average molecular weight is 463 g/mol. The molecule has 0 aliphatic rings. The van der Waals surface area contributed by atoms with Crippen molar-refractivity contribution in [1.29, 1.82) is 0 Å². The fraction of sp³-hybridized carbons (Fsp3) is 0.240. The van der Waals surface area contributed by atoms with E-state index in [0.29, 0.717) is 17.5 Å². The van der Waals surface area contributed by atoms with Crippen molar-refractivity contribution in [3.05, 3.63) is 77.7 Å². The van der Waals surface area contributed by atoms with Crippen LogP contribution in [0.1, 0.15) is 23.8 Å². The fourth-order valence-electron chi connectivity index (χ4n) is 3.45. The zero-order chi connectivity index (χ0) is 23.4. The maximum absolute atomic E-state index is 12.9. The van der Waals surface area contributed by atoms with Gasteiger partial charge in [-0.05, 0) is 56.7 Å². The largest absolute Gasteiger partial charge is 0.497 e. The molecule has 170 valence electrons. The summed E-state index contributed by atoms with van der Waals surface area (Å²) in [5.41, 5.74) is 3.87. The minimum atomic E-state index is -0.386. The lowest BCUT2D eigenvalue weighted by atomic mass is 10.1. The quantitative estimate of drug-likeness (QED) is 0.356. The molecule has 1 N–H and O–H groups in total. The van der Waals surface area contributed by atoms with Crippen LogP contribution in [0.15, 0.2) is 70.4 Å². The summed E-state index contributed by atoms with van der Waals surface area (Å²) in [7, 11) is 1.63. The Morgan fingerprint density at radius 3 is 2.73 bits per heavy atom. The van der Waals surface area contributed by atoms with Gasteiger partial charge in [0.2, 0.25) is 5.91 Å². The normalized spacial score (nSPS) is 11.9. The molecule has 1 amide bonds. The Morgan fingerprint density at radius 1 is 1.15 bits per heavy atom. The van der Waals surface area contributed by atoms with Crippen LogP contribution in [0.5, 0.6) is 5.75 Å². The number of hydrogen-bond acceptors (Lipinski definition) is 6. The van der Waals surface area contributed by atoms with Gasteiger partial charge in [-0.1, -0.05) is 41.6 Å². The molecule has 8 heteroatoms. The molecule has 1 unspecified atom stereocenters. The summed E-state index contributed by atoms with van der Waals surface area (Å²) in [5, 5.41) is 12.1. The van der Waals surface area contributed by atoms with Crippen LogP contribution in [0.2, 0.25) is 0 Å². The maximum Gasteiger partial charge on any atom is 0.237 e. The Hall–Kier alpha value is -3.52. The highest BCUT2D eigenvalue weighted by Gasteiger charge is 2.22. The van der Waals surface area contributed by atoms with Crippen molar-refractivity contribution < 1.29 is 13.9 Å². The van der Waals surface area contributed by atoms with E-state index in [0.717, 1.165) is 33.9 Å². The van der Waals surface area contributed by atoms with E-state index in [-0.39, 0.29) is 11.2 Å². The molecule has 0 radical (unpaired) electrons. The third kappa shape index (κ3) is 5.28. The molecule has 0 fully saturated rings. The van der Waals surface area contributed by atoms with Crippen molar-refractivity contribution in [3.63, 3.8) is 0 Å². The number of amides is 1. The van der Waals surface area contributed by atoms with Crippen LogP contribution in [-0.4, -0.2) is 33.0 Å². The van der Waals surface area contributed by atoms with E-state index in [1.165, 1.54) is 11.8 Å². The Labute approximate surface area is 197 Å². The minimum absolute atomic E-state index is 0.0950. The summed E-state index contributed by atoms with van der Waals surface area (Å²) in [6.07, 6.45) is 1.64. The Morgan fingerprint density at radius 2 is 2.00 bits per heavy atom. The number of hydrogen-bond donors (Lipinski definition) is 1. The molecular formula is C25H26N4O3S. The number of aryl methyl sites for hydroxylation is 2. The first-order valence-corrected chi connectivity index (χ1v) is 11.5. The van der Waals surface area contributed by atoms with E-state index >= 15 is 0 Å². The van der Waals surface area contributed by atoms with E-state index in [1.807, 2.05) is 79.9 Å². The number of carbonyl (C=O) groups is 1. The molecular weight excluding hydrogens is 436 g/mol. The molecule has 0 aliphatic heterocycles. The first-order chi connectivity index (χ1) is 15.9.